The van der Waals surface area contributed by atoms with Crippen molar-refractivity contribution in [2.75, 3.05) is 13.2 Å². The van der Waals surface area contributed by atoms with Crippen LogP contribution in [0.3, 0.4) is 0 Å². The van der Waals surface area contributed by atoms with Gasteiger partial charge in [0.25, 0.3) is 0 Å². The summed E-state index contributed by atoms with van der Waals surface area (Å²) in [5.74, 6) is 0.310. The van der Waals surface area contributed by atoms with Gasteiger partial charge in [0.15, 0.2) is 5.65 Å². The highest BCUT2D eigenvalue weighted by Crippen LogP contribution is 2.40. The molecule has 1 N–H and O–H groups in total. The fourth-order valence-corrected chi connectivity index (χ4v) is 3.98. The van der Waals surface area contributed by atoms with Gasteiger partial charge in [-0.25, -0.2) is 15.0 Å². The van der Waals surface area contributed by atoms with Crippen molar-refractivity contribution in [2.24, 2.45) is 0 Å². The highest BCUT2D eigenvalue weighted by atomic mass is 19.4. The van der Waals surface area contributed by atoms with E-state index in [-0.39, 0.29) is 17.0 Å². The van der Waals surface area contributed by atoms with E-state index in [1.165, 1.54) is 12.3 Å². The van der Waals surface area contributed by atoms with E-state index in [9.17, 15) is 22.0 Å². The number of imidazole rings is 1. The third kappa shape index (κ3) is 3.85. The van der Waals surface area contributed by atoms with Crippen LogP contribution in [-0.4, -0.2) is 39.8 Å². The van der Waals surface area contributed by atoms with Gasteiger partial charge in [-0.05, 0) is 29.7 Å². The first-order valence-corrected chi connectivity index (χ1v) is 10.2. The molecule has 5 rings (SSSR count). The van der Waals surface area contributed by atoms with Crippen molar-refractivity contribution < 1.29 is 31.4 Å². The minimum absolute atomic E-state index is 0.161. The quantitative estimate of drug-likeness (QED) is 0.398. The molecule has 3 aromatic heterocycles. The van der Waals surface area contributed by atoms with Gasteiger partial charge in [0.1, 0.15) is 5.82 Å². The number of aryl methyl sites for hydroxylation is 1. The molecule has 0 atom stereocenters. The normalized spacial score (nSPS) is 15.5. The molecule has 1 fully saturated rings. The van der Waals surface area contributed by atoms with Gasteiger partial charge >= 0.3 is 12.8 Å². The number of pyridine rings is 2. The molecule has 0 amide bonds. The second-order valence-electron chi connectivity index (χ2n) is 8.05. The Morgan fingerprint density at radius 2 is 1.79 bits per heavy atom. The molecule has 0 aliphatic carbocycles. The molecule has 176 valence electrons. The maximum Gasteiger partial charge on any atom is 0.417 e. The third-order valence-corrected chi connectivity index (χ3v) is 5.86. The van der Waals surface area contributed by atoms with Gasteiger partial charge in [0, 0.05) is 24.0 Å². The number of benzene rings is 1. The van der Waals surface area contributed by atoms with Crippen LogP contribution in [0.1, 0.15) is 22.5 Å². The molecule has 0 spiro atoms. The molecular formula is C23H17F5N4O2. The minimum atomic E-state index is -4.50. The van der Waals surface area contributed by atoms with Gasteiger partial charge in [-0.15, -0.1) is 0 Å². The number of aromatic nitrogens is 4. The van der Waals surface area contributed by atoms with Crippen LogP contribution in [0.25, 0.3) is 22.3 Å². The van der Waals surface area contributed by atoms with Crippen molar-refractivity contribution in [1.82, 2.24) is 19.9 Å². The van der Waals surface area contributed by atoms with Gasteiger partial charge in [0.05, 0.1) is 29.7 Å². The van der Waals surface area contributed by atoms with Crippen molar-refractivity contribution in [3.8, 4) is 17.0 Å². The maximum atomic E-state index is 13.0. The van der Waals surface area contributed by atoms with E-state index in [2.05, 4.69) is 24.7 Å². The maximum absolute atomic E-state index is 13.0. The molecule has 4 heterocycles. The van der Waals surface area contributed by atoms with E-state index in [0.29, 0.717) is 24.6 Å². The van der Waals surface area contributed by atoms with E-state index in [4.69, 9.17) is 4.74 Å². The van der Waals surface area contributed by atoms with Crippen molar-refractivity contribution in [3.63, 3.8) is 0 Å². The van der Waals surface area contributed by atoms with Gasteiger partial charge < -0.3 is 14.5 Å². The van der Waals surface area contributed by atoms with Crippen molar-refractivity contribution >= 4 is 11.2 Å². The predicted octanol–water partition coefficient (Wildman–Crippen LogP) is 5.26. The summed E-state index contributed by atoms with van der Waals surface area (Å²) in [4.78, 5) is 15.2. The molecular weight excluding hydrogens is 459 g/mol. The summed E-state index contributed by atoms with van der Waals surface area (Å²) >= 11 is 0. The Labute approximate surface area is 189 Å². The Morgan fingerprint density at radius 3 is 2.38 bits per heavy atom. The van der Waals surface area contributed by atoms with Crippen LogP contribution in [-0.2, 0) is 16.3 Å². The molecule has 34 heavy (non-hydrogen) atoms. The zero-order valence-corrected chi connectivity index (χ0v) is 17.7. The van der Waals surface area contributed by atoms with Gasteiger partial charge in [0.2, 0.25) is 5.88 Å². The lowest BCUT2D eigenvalue weighted by Gasteiger charge is -2.40. The second-order valence-corrected chi connectivity index (χ2v) is 8.05. The lowest BCUT2D eigenvalue weighted by atomic mass is 9.77. The number of ether oxygens (including phenoxy) is 2. The molecule has 0 unspecified atom stereocenters. The monoisotopic (exact) mass is 476 g/mol. The molecule has 1 aliphatic rings. The van der Waals surface area contributed by atoms with E-state index in [1.807, 2.05) is 24.3 Å². The summed E-state index contributed by atoms with van der Waals surface area (Å²) in [6, 6.07) is 9.90. The van der Waals surface area contributed by atoms with E-state index >= 15 is 0 Å². The Hall–Kier alpha value is -3.60. The molecule has 1 aromatic carbocycles. The number of alkyl halides is 5. The van der Waals surface area contributed by atoms with Crippen LogP contribution in [0.5, 0.6) is 5.88 Å². The SMILES string of the molecule is Cc1cc(OC(F)F)ncc1-c1ccc(C2(c3nc4ncc(C(F)(F)F)cc4[nH]3)COC2)cc1. The fourth-order valence-electron chi connectivity index (χ4n) is 3.98. The highest BCUT2D eigenvalue weighted by Gasteiger charge is 2.45. The molecule has 4 aromatic rings. The van der Waals surface area contributed by atoms with Crippen LogP contribution in [0.2, 0.25) is 0 Å². The first-order valence-electron chi connectivity index (χ1n) is 10.2. The number of nitrogens with zero attached hydrogens (tertiary/aromatic N) is 3. The summed E-state index contributed by atoms with van der Waals surface area (Å²) in [5, 5.41) is 0. The summed E-state index contributed by atoms with van der Waals surface area (Å²) < 4.78 is 73.8. The smallest absolute Gasteiger partial charge is 0.417 e. The number of nitrogens with one attached hydrogen (secondary N) is 1. The lowest BCUT2D eigenvalue weighted by molar-refractivity contribution is -0.137. The molecule has 1 aliphatic heterocycles. The van der Waals surface area contributed by atoms with Crippen molar-refractivity contribution in [2.45, 2.75) is 25.1 Å². The number of halogens is 5. The van der Waals surface area contributed by atoms with Crippen LogP contribution in [0.4, 0.5) is 22.0 Å². The van der Waals surface area contributed by atoms with Gasteiger partial charge in [-0.2, -0.15) is 22.0 Å². The number of hydrogen-bond acceptors (Lipinski definition) is 5. The van der Waals surface area contributed by atoms with Crippen LogP contribution in [0.15, 0.2) is 48.8 Å². The largest absolute Gasteiger partial charge is 0.417 e. The molecule has 6 nitrogen and oxygen atoms in total. The van der Waals surface area contributed by atoms with Crippen LogP contribution in [0, 0.1) is 6.92 Å². The van der Waals surface area contributed by atoms with E-state index < -0.39 is 23.8 Å². The number of rotatable bonds is 5. The number of H-pyrrole nitrogens is 1. The average Bonchev–Trinajstić information content (AvgIpc) is 3.16. The molecule has 11 heteroatoms. The van der Waals surface area contributed by atoms with E-state index in [0.717, 1.165) is 29.0 Å². The van der Waals surface area contributed by atoms with Crippen molar-refractivity contribution in [3.05, 3.63) is 71.3 Å². The summed E-state index contributed by atoms with van der Waals surface area (Å²) in [5.41, 5.74) is 2.02. The fraction of sp³-hybridized carbons (Fsp3) is 0.261. The highest BCUT2D eigenvalue weighted by molar-refractivity contribution is 5.72. The first kappa shape index (κ1) is 22.2. The average molecular weight is 476 g/mol. The second kappa shape index (κ2) is 8.01. The molecule has 0 radical (unpaired) electrons. The van der Waals surface area contributed by atoms with E-state index in [1.54, 1.807) is 6.92 Å². The Morgan fingerprint density at radius 1 is 1.06 bits per heavy atom. The zero-order valence-electron chi connectivity index (χ0n) is 17.7. The summed E-state index contributed by atoms with van der Waals surface area (Å²) in [6.07, 6.45) is -2.27. The third-order valence-electron chi connectivity index (χ3n) is 5.86. The first-order chi connectivity index (χ1) is 16.2. The van der Waals surface area contributed by atoms with Crippen LogP contribution < -0.4 is 4.74 Å². The Kier molecular flexibility index (Phi) is 5.23. The number of aromatic amines is 1. The molecule has 0 saturated carbocycles. The lowest BCUT2D eigenvalue weighted by Crippen LogP contribution is -2.48. The Balaban J connectivity index is 1.46. The van der Waals surface area contributed by atoms with Crippen LogP contribution >= 0.6 is 0 Å². The molecule has 0 bridgehead atoms. The number of fused-ring (bicyclic) bond motifs is 1. The zero-order chi connectivity index (χ0) is 24.1. The van der Waals surface area contributed by atoms with Gasteiger partial charge in [-0.3, -0.25) is 0 Å². The van der Waals surface area contributed by atoms with Crippen molar-refractivity contribution in [1.29, 1.82) is 0 Å². The number of hydrogen-bond donors (Lipinski definition) is 1. The summed E-state index contributed by atoms with van der Waals surface area (Å²) in [6.45, 7) is -0.579. The topological polar surface area (TPSA) is 72.9 Å². The predicted molar refractivity (Wildman–Crippen MR) is 112 cm³/mol. The standard InChI is InChI=1S/C23H17F5N4O2/c1-12-6-18(34-21(24)25)29-9-16(12)13-2-4-14(5-3-13)22(10-33-11-22)20-31-17-7-15(23(26,27)28)8-30-19(17)32-20/h2-9,21H,10-11H2,1H3,(H,30,31,32). The summed E-state index contributed by atoms with van der Waals surface area (Å²) in [7, 11) is 0. The Bertz CT molecular complexity index is 1350. The van der Waals surface area contributed by atoms with Gasteiger partial charge in [-0.1, -0.05) is 24.3 Å². The molecule has 1 saturated heterocycles. The minimum Gasteiger partial charge on any atom is -0.417 e.